The summed E-state index contributed by atoms with van der Waals surface area (Å²) in [5.41, 5.74) is 4.74. The third-order valence-electron chi connectivity index (χ3n) is 7.32. The molecule has 1 saturated carbocycles. The lowest BCUT2D eigenvalue weighted by Gasteiger charge is -2.30. The van der Waals surface area contributed by atoms with Crippen LogP contribution in [0, 0.1) is 0 Å². The zero-order valence-corrected chi connectivity index (χ0v) is 23.0. The molecule has 1 aromatic heterocycles. The second kappa shape index (κ2) is 12.5. The highest BCUT2D eigenvalue weighted by atomic mass is 35.5. The van der Waals surface area contributed by atoms with E-state index < -0.39 is 0 Å². The highest BCUT2D eigenvalue weighted by Gasteiger charge is 2.22. The van der Waals surface area contributed by atoms with Crippen LogP contribution in [-0.4, -0.2) is 42.7 Å². The van der Waals surface area contributed by atoms with Gasteiger partial charge in [0.15, 0.2) is 0 Å². The average Bonchev–Trinajstić information content (AvgIpc) is 2.93. The fourth-order valence-corrected chi connectivity index (χ4v) is 5.46. The number of halogens is 1. The number of fused-ring (bicyclic) bond motifs is 1. The third kappa shape index (κ3) is 6.74. The van der Waals surface area contributed by atoms with Crippen LogP contribution in [0.3, 0.4) is 0 Å². The summed E-state index contributed by atoms with van der Waals surface area (Å²) in [4.78, 5) is 11.7. The molecule has 0 spiro atoms. The molecule has 0 unspecified atom stereocenters. The smallest absolute Gasteiger partial charge is 0.225 e. The van der Waals surface area contributed by atoms with E-state index in [-0.39, 0.29) is 0 Å². The Kier molecular flexibility index (Phi) is 8.61. The van der Waals surface area contributed by atoms with Crippen molar-refractivity contribution >= 4 is 40.0 Å². The van der Waals surface area contributed by atoms with E-state index in [2.05, 4.69) is 63.3 Å². The van der Waals surface area contributed by atoms with E-state index in [4.69, 9.17) is 21.6 Å². The molecule has 7 heteroatoms. The molecule has 0 amide bonds. The van der Waals surface area contributed by atoms with Crippen LogP contribution in [0.5, 0.6) is 0 Å². The van der Waals surface area contributed by atoms with E-state index in [1.54, 1.807) is 0 Å². The Morgan fingerprint density at radius 1 is 0.842 bits per heavy atom. The van der Waals surface area contributed by atoms with Crippen LogP contribution in [0.2, 0.25) is 5.02 Å². The van der Waals surface area contributed by atoms with E-state index >= 15 is 0 Å². The number of benzene rings is 3. The zero-order chi connectivity index (χ0) is 26.3. The van der Waals surface area contributed by atoms with Crippen molar-refractivity contribution in [1.82, 2.24) is 15.3 Å². The van der Waals surface area contributed by atoms with Gasteiger partial charge in [0.1, 0.15) is 5.82 Å². The monoisotopic (exact) mass is 528 g/mol. The summed E-state index contributed by atoms with van der Waals surface area (Å²) < 4.78 is 0. The fraction of sp³-hybridized carbons (Fsp3) is 0.355. The molecule has 38 heavy (non-hydrogen) atoms. The van der Waals surface area contributed by atoms with Crippen molar-refractivity contribution in [2.75, 3.05) is 36.2 Å². The van der Waals surface area contributed by atoms with Crippen LogP contribution in [-0.2, 0) is 13.0 Å². The molecule has 6 nitrogen and oxygen atoms in total. The Bertz CT molecular complexity index is 1350. The number of hydrogen-bond donors (Lipinski definition) is 3. The number of nitrogens with one attached hydrogen (secondary N) is 3. The van der Waals surface area contributed by atoms with Crippen LogP contribution in [0.25, 0.3) is 10.9 Å². The van der Waals surface area contributed by atoms with Gasteiger partial charge >= 0.3 is 0 Å². The lowest BCUT2D eigenvalue weighted by Crippen LogP contribution is -2.38. The molecule has 1 heterocycles. The Morgan fingerprint density at radius 2 is 1.58 bits per heavy atom. The minimum absolute atomic E-state index is 0.405. The van der Waals surface area contributed by atoms with Crippen molar-refractivity contribution in [2.24, 2.45) is 0 Å². The van der Waals surface area contributed by atoms with E-state index in [1.807, 2.05) is 44.4 Å². The summed E-state index contributed by atoms with van der Waals surface area (Å²) in [6, 6.07) is 25.7. The van der Waals surface area contributed by atoms with Gasteiger partial charge in [0.05, 0.1) is 5.52 Å². The predicted octanol–water partition coefficient (Wildman–Crippen LogP) is 6.52. The third-order valence-corrected chi connectivity index (χ3v) is 7.56. The Balaban J connectivity index is 1.10. The number of rotatable bonds is 10. The summed E-state index contributed by atoms with van der Waals surface area (Å²) in [6.45, 7) is 1.77. The molecule has 0 atom stereocenters. The molecule has 1 fully saturated rings. The fourth-order valence-electron chi connectivity index (χ4n) is 5.27. The lowest BCUT2D eigenvalue weighted by molar-refractivity contribution is 0.355. The van der Waals surface area contributed by atoms with Crippen LogP contribution < -0.4 is 20.9 Å². The van der Waals surface area contributed by atoms with Gasteiger partial charge in [-0.25, -0.2) is 4.98 Å². The highest BCUT2D eigenvalue weighted by molar-refractivity contribution is 6.30. The zero-order valence-electron chi connectivity index (χ0n) is 22.3. The quantitative estimate of drug-likeness (QED) is 0.218. The largest absolute Gasteiger partial charge is 0.381 e. The summed E-state index contributed by atoms with van der Waals surface area (Å²) in [5, 5.41) is 12.8. The maximum absolute atomic E-state index is 6.13. The van der Waals surface area contributed by atoms with Crippen molar-refractivity contribution in [1.29, 1.82) is 0 Å². The van der Waals surface area contributed by atoms with Crippen molar-refractivity contribution in [3.63, 3.8) is 0 Å². The van der Waals surface area contributed by atoms with Crippen molar-refractivity contribution in [3.05, 3.63) is 88.9 Å². The summed E-state index contributed by atoms with van der Waals surface area (Å²) in [6.07, 6.45) is 5.56. The molecule has 0 saturated heterocycles. The molecule has 0 radical (unpaired) electrons. The topological polar surface area (TPSA) is 65.1 Å². The molecule has 1 aliphatic carbocycles. The van der Waals surface area contributed by atoms with Crippen LogP contribution >= 0.6 is 11.6 Å². The van der Waals surface area contributed by atoms with Gasteiger partial charge in [-0.05, 0) is 80.1 Å². The number of hydrogen-bond acceptors (Lipinski definition) is 6. The van der Waals surface area contributed by atoms with E-state index in [0.29, 0.717) is 12.1 Å². The van der Waals surface area contributed by atoms with Gasteiger partial charge in [0.2, 0.25) is 5.95 Å². The molecule has 4 aromatic rings. The van der Waals surface area contributed by atoms with E-state index in [1.165, 1.54) is 11.1 Å². The maximum Gasteiger partial charge on any atom is 0.225 e. The molecule has 198 valence electrons. The first kappa shape index (κ1) is 26.3. The van der Waals surface area contributed by atoms with E-state index in [9.17, 15) is 0 Å². The Labute approximate surface area is 230 Å². The number of anilines is 3. The first-order valence-corrected chi connectivity index (χ1v) is 13.9. The molecule has 1 aliphatic rings. The van der Waals surface area contributed by atoms with Crippen molar-refractivity contribution in [3.8, 4) is 0 Å². The molecule has 0 aliphatic heterocycles. The molecule has 3 N–H and O–H groups in total. The second-order valence-electron chi connectivity index (χ2n) is 10.3. The Hall–Kier alpha value is -3.35. The van der Waals surface area contributed by atoms with Gasteiger partial charge in [0, 0.05) is 48.8 Å². The van der Waals surface area contributed by atoms with Gasteiger partial charge in [-0.1, -0.05) is 54.1 Å². The number of nitrogens with zero attached hydrogens (tertiary/aromatic N) is 3. The average molecular weight is 529 g/mol. The Morgan fingerprint density at radius 3 is 2.37 bits per heavy atom. The summed E-state index contributed by atoms with van der Waals surface area (Å²) in [5.74, 6) is 1.68. The van der Waals surface area contributed by atoms with Gasteiger partial charge in [-0.2, -0.15) is 4.98 Å². The minimum atomic E-state index is 0.405. The maximum atomic E-state index is 6.13. The predicted molar refractivity (Wildman–Crippen MR) is 160 cm³/mol. The lowest BCUT2D eigenvalue weighted by atomic mass is 9.91. The SMILES string of the molecule is CN(C)c1nc(N[C@H]2CC[C@@H](NCCc3ccccc3CNc3cccc(Cl)c3)CC2)nc2ccccc12. The number of para-hydroxylation sites is 1. The molecular formula is C31H37ClN6. The van der Waals surface area contributed by atoms with E-state index in [0.717, 1.165) is 78.6 Å². The standard InChI is InChI=1S/C31H37ClN6/c1-38(2)30-28-12-5-6-13-29(28)36-31(37-30)35-26-16-14-25(15-17-26)33-19-18-22-8-3-4-9-23(22)21-34-27-11-7-10-24(32)20-27/h3-13,20,25-26,33-34H,14-19,21H2,1-2H3,(H,35,36,37)/t25-,26+. The van der Waals surface area contributed by atoms with Gasteiger partial charge < -0.3 is 20.9 Å². The van der Waals surface area contributed by atoms with Gasteiger partial charge in [0.25, 0.3) is 0 Å². The molecule has 3 aromatic carbocycles. The minimum Gasteiger partial charge on any atom is -0.381 e. The molecule has 5 rings (SSSR count). The summed E-state index contributed by atoms with van der Waals surface area (Å²) >= 11 is 6.13. The van der Waals surface area contributed by atoms with Crippen molar-refractivity contribution in [2.45, 2.75) is 50.7 Å². The first-order chi connectivity index (χ1) is 18.5. The van der Waals surface area contributed by atoms with Crippen molar-refractivity contribution < 1.29 is 0 Å². The molecular weight excluding hydrogens is 492 g/mol. The van der Waals surface area contributed by atoms with Crippen LogP contribution in [0.15, 0.2) is 72.8 Å². The van der Waals surface area contributed by atoms with Gasteiger partial charge in [-0.15, -0.1) is 0 Å². The van der Waals surface area contributed by atoms with Gasteiger partial charge in [-0.3, -0.25) is 0 Å². The van der Waals surface area contributed by atoms with Crippen LogP contribution in [0.4, 0.5) is 17.5 Å². The molecule has 0 bridgehead atoms. The summed E-state index contributed by atoms with van der Waals surface area (Å²) in [7, 11) is 4.06. The highest BCUT2D eigenvalue weighted by Crippen LogP contribution is 2.26. The van der Waals surface area contributed by atoms with Crippen LogP contribution in [0.1, 0.15) is 36.8 Å². The normalized spacial score (nSPS) is 17.3. The first-order valence-electron chi connectivity index (χ1n) is 13.6. The number of aromatic nitrogens is 2. The second-order valence-corrected chi connectivity index (χ2v) is 10.7.